The fourth-order valence-corrected chi connectivity index (χ4v) is 2.13. The van der Waals surface area contributed by atoms with Crippen molar-refractivity contribution in [3.63, 3.8) is 0 Å². The van der Waals surface area contributed by atoms with Gasteiger partial charge in [-0.1, -0.05) is 23.7 Å². The summed E-state index contributed by atoms with van der Waals surface area (Å²) in [6.45, 7) is -1.24. The first-order valence-corrected chi connectivity index (χ1v) is 7.80. The van der Waals surface area contributed by atoms with Gasteiger partial charge >= 0.3 is 11.7 Å². The Hall–Kier alpha value is -3.64. The van der Waals surface area contributed by atoms with Gasteiger partial charge in [0.25, 0.3) is 5.91 Å². The summed E-state index contributed by atoms with van der Waals surface area (Å²) < 4.78 is 9.79. The minimum Gasteiger partial charge on any atom is -0.475 e. The number of carbonyl (C=O) groups excluding carboxylic acids is 2. The number of nitro benzene ring substituents is 1. The molecule has 0 heterocycles. The maximum Gasteiger partial charge on any atom is 0.344 e. The highest BCUT2D eigenvalue weighted by Gasteiger charge is 2.16. The van der Waals surface area contributed by atoms with Crippen molar-refractivity contribution >= 4 is 34.9 Å². The molecule has 0 radical (unpaired) electrons. The molecule has 138 valence electrons. The smallest absolute Gasteiger partial charge is 0.344 e. The first kappa shape index (κ1) is 19.7. The van der Waals surface area contributed by atoms with E-state index in [-0.39, 0.29) is 22.7 Å². The minimum absolute atomic E-state index is 0.0958. The molecule has 0 aliphatic carbocycles. The van der Waals surface area contributed by atoms with Gasteiger partial charge in [0.1, 0.15) is 6.07 Å². The number of ether oxygens (including phenoxy) is 2. The minimum atomic E-state index is -0.894. The zero-order valence-electron chi connectivity index (χ0n) is 13.7. The number of hydrogen-bond acceptors (Lipinski definition) is 7. The van der Waals surface area contributed by atoms with Gasteiger partial charge < -0.3 is 14.8 Å². The van der Waals surface area contributed by atoms with Crippen molar-refractivity contribution in [3.05, 3.63) is 63.2 Å². The third kappa shape index (κ3) is 5.69. The number of halogens is 1. The van der Waals surface area contributed by atoms with E-state index >= 15 is 0 Å². The van der Waals surface area contributed by atoms with Crippen LogP contribution < -0.4 is 10.1 Å². The molecule has 0 aromatic heterocycles. The number of nitriles is 1. The van der Waals surface area contributed by atoms with Gasteiger partial charge in [-0.2, -0.15) is 5.26 Å². The first-order valence-electron chi connectivity index (χ1n) is 7.42. The van der Waals surface area contributed by atoms with E-state index in [2.05, 4.69) is 5.32 Å². The van der Waals surface area contributed by atoms with Crippen LogP contribution in [-0.4, -0.2) is 30.0 Å². The lowest BCUT2D eigenvalue weighted by Crippen LogP contribution is -2.24. The van der Waals surface area contributed by atoms with Gasteiger partial charge in [-0.05, 0) is 24.3 Å². The molecule has 0 saturated carbocycles. The Bertz CT molecular complexity index is 925. The zero-order valence-corrected chi connectivity index (χ0v) is 14.4. The zero-order chi connectivity index (χ0) is 19.8. The van der Waals surface area contributed by atoms with E-state index in [4.69, 9.17) is 26.3 Å². The highest BCUT2D eigenvalue weighted by Crippen LogP contribution is 2.25. The number of para-hydroxylation sites is 2. The highest BCUT2D eigenvalue weighted by molar-refractivity contribution is 6.31. The standard InChI is InChI=1S/C17H12ClN3O6/c18-12-6-5-11(8-19)13(7-12)20-16(22)9-27-17(23)10-26-15-4-2-1-3-14(15)21(24)25/h1-7H,9-10H2,(H,20,22). The lowest BCUT2D eigenvalue weighted by Gasteiger charge is -2.09. The summed E-state index contributed by atoms with van der Waals surface area (Å²) in [4.78, 5) is 33.7. The number of nitrogens with zero attached hydrogens (tertiary/aromatic N) is 2. The van der Waals surface area contributed by atoms with Crippen LogP contribution in [0, 0.1) is 21.4 Å². The average Bonchev–Trinajstić information content (AvgIpc) is 2.65. The Kier molecular flexibility index (Phi) is 6.68. The van der Waals surface area contributed by atoms with Gasteiger partial charge in [-0.15, -0.1) is 0 Å². The summed E-state index contributed by atoms with van der Waals surface area (Å²) in [6, 6.07) is 11.7. The molecule has 0 aliphatic heterocycles. The van der Waals surface area contributed by atoms with E-state index in [1.807, 2.05) is 6.07 Å². The lowest BCUT2D eigenvalue weighted by molar-refractivity contribution is -0.385. The molecule has 2 aromatic rings. The Morgan fingerprint density at radius 3 is 2.67 bits per heavy atom. The predicted octanol–water partition coefficient (Wildman–Crippen LogP) is 2.68. The Balaban J connectivity index is 1.86. The molecular weight excluding hydrogens is 378 g/mol. The number of hydrogen-bond donors (Lipinski definition) is 1. The number of carbonyl (C=O) groups is 2. The van der Waals surface area contributed by atoms with E-state index in [0.717, 1.165) is 0 Å². The Labute approximate surface area is 158 Å². The molecule has 10 heteroatoms. The van der Waals surface area contributed by atoms with Gasteiger partial charge in [-0.3, -0.25) is 14.9 Å². The number of esters is 1. The third-order valence-electron chi connectivity index (χ3n) is 3.15. The van der Waals surface area contributed by atoms with Crippen LogP contribution in [0.3, 0.4) is 0 Å². The molecule has 1 amide bonds. The molecule has 0 unspecified atom stereocenters. The summed E-state index contributed by atoms with van der Waals surface area (Å²) in [5, 5.41) is 22.6. The highest BCUT2D eigenvalue weighted by atomic mass is 35.5. The van der Waals surface area contributed by atoms with Crippen LogP contribution in [-0.2, 0) is 14.3 Å². The fraction of sp³-hybridized carbons (Fsp3) is 0.118. The van der Waals surface area contributed by atoms with E-state index in [0.29, 0.717) is 5.02 Å². The quantitative estimate of drug-likeness (QED) is 0.437. The summed E-state index contributed by atoms with van der Waals surface area (Å²) in [6.07, 6.45) is 0. The van der Waals surface area contributed by atoms with Crippen molar-refractivity contribution in [2.75, 3.05) is 18.5 Å². The van der Waals surface area contributed by atoms with Crippen LogP contribution in [0.25, 0.3) is 0 Å². The van der Waals surface area contributed by atoms with Crippen LogP contribution in [0.15, 0.2) is 42.5 Å². The number of nitro groups is 1. The second-order valence-corrected chi connectivity index (χ2v) is 5.46. The number of anilines is 1. The molecule has 0 fully saturated rings. The van der Waals surface area contributed by atoms with Gasteiger partial charge in [0.05, 0.1) is 16.2 Å². The van der Waals surface area contributed by atoms with Gasteiger partial charge in [-0.25, -0.2) is 4.79 Å². The molecule has 0 bridgehead atoms. The summed E-state index contributed by atoms with van der Waals surface area (Å²) in [5.74, 6) is -1.68. The third-order valence-corrected chi connectivity index (χ3v) is 3.38. The van der Waals surface area contributed by atoms with Crippen LogP contribution in [0.5, 0.6) is 5.75 Å². The average molecular weight is 390 g/mol. The number of rotatable bonds is 7. The SMILES string of the molecule is N#Cc1ccc(Cl)cc1NC(=O)COC(=O)COc1ccccc1[N+](=O)[O-]. The molecule has 27 heavy (non-hydrogen) atoms. The number of amides is 1. The van der Waals surface area contributed by atoms with E-state index < -0.39 is 30.0 Å². The van der Waals surface area contributed by atoms with Crippen LogP contribution in [0.2, 0.25) is 5.02 Å². The lowest BCUT2D eigenvalue weighted by atomic mass is 10.2. The van der Waals surface area contributed by atoms with Gasteiger partial charge in [0.2, 0.25) is 0 Å². The van der Waals surface area contributed by atoms with Crippen molar-refractivity contribution in [2.45, 2.75) is 0 Å². The summed E-state index contributed by atoms with van der Waals surface area (Å²) in [5.41, 5.74) is 0.0778. The van der Waals surface area contributed by atoms with Crippen molar-refractivity contribution < 1.29 is 24.0 Å². The van der Waals surface area contributed by atoms with Gasteiger partial charge in [0.15, 0.2) is 19.0 Å². The van der Waals surface area contributed by atoms with Crippen LogP contribution in [0.4, 0.5) is 11.4 Å². The molecule has 0 atom stereocenters. The fourth-order valence-electron chi connectivity index (χ4n) is 1.96. The topological polar surface area (TPSA) is 132 Å². The largest absolute Gasteiger partial charge is 0.475 e. The van der Waals surface area contributed by atoms with Crippen molar-refractivity contribution in [1.82, 2.24) is 0 Å². The van der Waals surface area contributed by atoms with E-state index in [9.17, 15) is 19.7 Å². The summed E-state index contributed by atoms with van der Waals surface area (Å²) in [7, 11) is 0. The monoisotopic (exact) mass is 389 g/mol. The summed E-state index contributed by atoms with van der Waals surface area (Å²) >= 11 is 5.81. The molecule has 1 N–H and O–H groups in total. The maximum atomic E-state index is 11.8. The number of nitrogens with one attached hydrogen (secondary N) is 1. The molecule has 0 spiro atoms. The number of benzene rings is 2. The molecule has 9 nitrogen and oxygen atoms in total. The van der Waals surface area contributed by atoms with Crippen molar-refractivity contribution in [1.29, 1.82) is 5.26 Å². The van der Waals surface area contributed by atoms with E-state index in [1.165, 1.54) is 42.5 Å². The van der Waals surface area contributed by atoms with Crippen LogP contribution in [0.1, 0.15) is 5.56 Å². The van der Waals surface area contributed by atoms with Crippen LogP contribution >= 0.6 is 11.6 Å². The van der Waals surface area contributed by atoms with E-state index in [1.54, 1.807) is 0 Å². The first-order chi connectivity index (χ1) is 12.9. The van der Waals surface area contributed by atoms with Crippen molar-refractivity contribution in [3.8, 4) is 11.8 Å². The van der Waals surface area contributed by atoms with Crippen molar-refractivity contribution in [2.24, 2.45) is 0 Å². The Morgan fingerprint density at radius 2 is 1.96 bits per heavy atom. The molecule has 2 aromatic carbocycles. The normalized spacial score (nSPS) is 9.78. The molecule has 0 saturated heterocycles. The maximum absolute atomic E-state index is 11.8. The molecular formula is C17H12ClN3O6. The predicted molar refractivity (Wildman–Crippen MR) is 94.3 cm³/mol. The Morgan fingerprint density at radius 1 is 1.22 bits per heavy atom. The molecule has 2 rings (SSSR count). The second kappa shape index (κ2) is 9.17. The molecule has 0 aliphatic rings. The van der Waals surface area contributed by atoms with Gasteiger partial charge in [0, 0.05) is 11.1 Å². The second-order valence-electron chi connectivity index (χ2n) is 5.02.